The van der Waals surface area contributed by atoms with Crippen LogP contribution in [0.3, 0.4) is 0 Å². The van der Waals surface area contributed by atoms with Crippen molar-refractivity contribution in [2.24, 2.45) is 11.8 Å². The smallest absolute Gasteiger partial charge is 0.410 e. The van der Waals surface area contributed by atoms with Crippen molar-refractivity contribution < 1.29 is 14.3 Å². The average Bonchev–Trinajstić information content (AvgIpc) is 2.84. The molecule has 3 unspecified atom stereocenters. The lowest BCUT2D eigenvalue weighted by atomic mass is 9.83. The predicted molar refractivity (Wildman–Crippen MR) is 101 cm³/mol. The second-order valence-electron chi connectivity index (χ2n) is 8.31. The lowest BCUT2D eigenvalue weighted by molar-refractivity contribution is -0.00188. The minimum Gasteiger partial charge on any atom is -0.444 e. The number of rotatable bonds is 1. The van der Waals surface area contributed by atoms with E-state index < -0.39 is 5.60 Å². The fraction of sp³-hybridized carbons (Fsp3) is 0.600. The van der Waals surface area contributed by atoms with Gasteiger partial charge in [-0.1, -0.05) is 35.0 Å². The molecule has 0 aromatic heterocycles. The van der Waals surface area contributed by atoms with E-state index in [4.69, 9.17) is 4.74 Å². The molecule has 0 saturated carbocycles. The number of halogens is 1. The van der Waals surface area contributed by atoms with Crippen LogP contribution in [0.4, 0.5) is 4.79 Å². The predicted octanol–water partition coefficient (Wildman–Crippen LogP) is 4.84. The number of hydrogen-bond acceptors (Lipinski definition) is 3. The van der Waals surface area contributed by atoms with Crippen LogP contribution in [-0.4, -0.2) is 35.0 Å². The summed E-state index contributed by atoms with van der Waals surface area (Å²) >= 11 is 3.56. The van der Waals surface area contributed by atoms with Crippen LogP contribution in [-0.2, 0) is 11.2 Å². The summed E-state index contributed by atoms with van der Waals surface area (Å²) in [4.78, 5) is 27.5. The van der Waals surface area contributed by atoms with Gasteiger partial charge in [0.2, 0.25) is 0 Å². The molecule has 0 radical (unpaired) electrons. The van der Waals surface area contributed by atoms with Gasteiger partial charge in [-0.3, -0.25) is 4.79 Å². The molecule has 0 spiro atoms. The number of likely N-dealkylation sites (tertiary alicyclic amines) is 1. The Morgan fingerprint density at radius 3 is 2.68 bits per heavy atom. The van der Waals surface area contributed by atoms with E-state index in [2.05, 4.69) is 22.9 Å². The Balaban J connectivity index is 1.86. The SMILES string of the molecule is CC1CCN(C(=O)OC(C)(C)C)C(C2Cc3c(Br)cccc3C2=O)C1. The van der Waals surface area contributed by atoms with Crippen molar-refractivity contribution in [3.8, 4) is 0 Å². The maximum absolute atomic E-state index is 13.0. The van der Waals surface area contributed by atoms with E-state index in [1.807, 2.05) is 39.0 Å². The molecule has 0 N–H and O–H groups in total. The second kappa shape index (κ2) is 6.75. The Bertz CT molecular complexity index is 695. The molecular formula is C20H26BrNO3. The normalized spacial score (nSPS) is 26.5. The Morgan fingerprint density at radius 1 is 1.32 bits per heavy atom. The number of fused-ring (bicyclic) bond motifs is 1. The van der Waals surface area contributed by atoms with Gasteiger partial charge in [0, 0.05) is 28.5 Å². The van der Waals surface area contributed by atoms with Crippen molar-refractivity contribution in [1.29, 1.82) is 0 Å². The van der Waals surface area contributed by atoms with Crippen LogP contribution in [0.1, 0.15) is 56.5 Å². The standard InChI is InChI=1S/C20H26BrNO3/c1-12-8-9-22(19(24)25-20(2,3)4)17(10-12)15-11-14-13(18(15)23)6-5-7-16(14)21/h5-7,12,15,17H,8-11H2,1-4H3. The highest BCUT2D eigenvalue weighted by Gasteiger charge is 2.44. The highest BCUT2D eigenvalue weighted by atomic mass is 79.9. The fourth-order valence-corrected chi connectivity index (χ4v) is 4.46. The molecule has 2 aliphatic rings. The third-order valence-electron chi connectivity index (χ3n) is 5.14. The van der Waals surface area contributed by atoms with Crippen LogP contribution >= 0.6 is 15.9 Å². The Labute approximate surface area is 158 Å². The number of ether oxygens (including phenoxy) is 1. The first-order valence-electron chi connectivity index (χ1n) is 8.98. The molecule has 1 fully saturated rings. The van der Waals surface area contributed by atoms with Gasteiger partial charge in [0.1, 0.15) is 5.60 Å². The van der Waals surface area contributed by atoms with E-state index in [9.17, 15) is 9.59 Å². The lowest BCUT2D eigenvalue weighted by Crippen LogP contribution is -2.52. The van der Waals surface area contributed by atoms with Crippen molar-refractivity contribution in [1.82, 2.24) is 4.90 Å². The van der Waals surface area contributed by atoms with Crippen molar-refractivity contribution in [3.63, 3.8) is 0 Å². The molecule has 1 saturated heterocycles. The molecule has 3 atom stereocenters. The number of amides is 1. The van der Waals surface area contributed by atoms with Crippen LogP contribution in [0.2, 0.25) is 0 Å². The van der Waals surface area contributed by atoms with Crippen molar-refractivity contribution in [2.45, 2.75) is 58.6 Å². The van der Waals surface area contributed by atoms with Gasteiger partial charge in [0.15, 0.2) is 5.78 Å². The first kappa shape index (κ1) is 18.4. The summed E-state index contributed by atoms with van der Waals surface area (Å²) in [5.74, 6) is 0.483. The van der Waals surface area contributed by atoms with Gasteiger partial charge in [-0.25, -0.2) is 4.79 Å². The summed E-state index contributed by atoms with van der Waals surface area (Å²) in [6.45, 7) is 8.48. The van der Waals surface area contributed by atoms with Crippen LogP contribution < -0.4 is 0 Å². The first-order chi connectivity index (χ1) is 11.7. The molecular weight excluding hydrogens is 382 g/mol. The van der Waals surface area contributed by atoms with Crippen LogP contribution in [0.15, 0.2) is 22.7 Å². The zero-order chi connectivity index (χ0) is 18.4. The zero-order valence-electron chi connectivity index (χ0n) is 15.3. The first-order valence-corrected chi connectivity index (χ1v) is 9.78. The number of piperidine rings is 1. The van der Waals surface area contributed by atoms with Crippen molar-refractivity contribution in [3.05, 3.63) is 33.8 Å². The van der Waals surface area contributed by atoms with E-state index in [0.717, 1.165) is 28.4 Å². The van der Waals surface area contributed by atoms with Crippen molar-refractivity contribution >= 4 is 27.8 Å². The number of Topliss-reactive ketones (excluding diaryl/α,β-unsaturated/α-hetero) is 1. The summed E-state index contributed by atoms with van der Waals surface area (Å²) < 4.78 is 6.58. The fourth-order valence-electron chi connectivity index (χ4n) is 3.93. The molecule has 4 nitrogen and oxygen atoms in total. The van der Waals surface area contributed by atoms with Gasteiger partial charge in [0.25, 0.3) is 0 Å². The van der Waals surface area contributed by atoms with E-state index >= 15 is 0 Å². The Kier molecular flexibility index (Phi) is 4.97. The third kappa shape index (κ3) is 3.76. The minimum atomic E-state index is -0.531. The summed E-state index contributed by atoms with van der Waals surface area (Å²) in [6, 6.07) is 5.68. The average molecular weight is 408 g/mol. The number of hydrogen-bond donors (Lipinski definition) is 0. The van der Waals surface area contributed by atoms with E-state index in [1.165, 1.54) is 0 Å². The van der Waals surface area contributed by atoms with Gasteiger partial charge in [-0.15, -0.1) is 0 Å². The number of carbonyl (C=O) groups excluding carboxylic acids is 2. The molecule has 1 aliphatic heterocycles. The van der Waals surface area contributed by atoms with Gasteiger partial charge in [0.05, 0.1) is 0 Å². The van der Waals surface area contributed by atoms with E-state index in [0.29, 0.717) is 18.9 Å². The summed E-state index contributed by atoms with van der Waals surface area (Å²) in [7, 11) is 0. The van der Waals surface area contributed by atoms with E-state index in [1.54, 1.807) is 4.90 Å². The number of benzene rings is 1. The topological polar surface area (TPSA) is 46.6 Å². The Morgan fingerprint density at radius 2 is 2.04 bits per heavy atom. The zero-order valence-corrected chi connectivity index (χ0v) is 16.9. The van der Waals surface area contributed by atoms with Crippen LogP contribution in [0.25, 0.3) is 0 Å². The van der Waals surface area contributed by atoms with Gasteiger partial charge in [-0.2, -0.15) is 0 Å². The molecule has 5 heteroatoms. The summed E-state index contributed by atoms with van der Waals surface area (Å²) in [5, 5.41) is 0. The molecule has 0 bridgehead atoms. The Hall–Kier alpha value is -1.36. The summed E-state index contributed by atoms with van der Waals surface area (Å²) in [5.41, 5.74) is 1.33. The number of carbonyl (C=O) groups is 2. The molecule has 1 aromatic rings. The molecule has 1 heterocycles. The molecule has 1 aromatic carbocycles. The second-order valence-corrected chi connectivity index (χ2v) is 9.17. The highest BCUT2D eigenvalue weighted by Crippen LogP contribution is 2.39. The number of ketones is 1. The van der Waals surface area contributed by atoms with E-state index in [-0.39, 0.29) is 23.8 Å². The molecule has 25 heavy (non-hydrogen) atoms. The summed E-state index contributed by atoms with van der Waals surface area (Å²) in [6.07, 6.45) is 2.19. The van der Waals surface area contributed by atoms with Gasteiger partial charge < -0.3 is 9.64 Å². The molecule has 1 amide bonds. The van der Waals surface area contributed by atoms with Crippen LogP contribution in [0, 0.1) is 11.8 Å². The molecule has 3 rings (SSSR count). The third-order valence-corrected chi connectivity index (χ3v) is 5.89. The van der Waals surface area contributed by atoms with Gasteiger partial charge in [-0.05, 0) is 57.6 Å². The maximum atomic E-state index is 13.0. The largest absolute Gasteiger partial charge is 0.444 e. The van der Waals surface area contributed by atoms with Crippen molar-refractivity contribution in [2.75, 3.05) is 6.54 Å². The monoisotopic (exact) mass is 407 g/mol. The lowest BCUT2D eigenvalue weighted by Gasteiger charge is -2.41. The molecule has 1 aliphatic carbocycles. The molecule has 136 valence electrons. The highest BCUT2D eigenvalue weighted by molar-refractivity contribution is 9.10. The quantitative estimate of drug-likeness (QED) is 0.668. The minimum absolute atomic E-state index is 0.0922. The van der Waals surface area contributed by atoms with Crippen LogP contribution in [0.5, 0.6) is 0 Å². The number of nitrogens with zero attached hydrogens (tertiary/aromatic N) is 1. The van der Waals surface area contributed by atoms with Gasteiger partial charge >= 0.3 is 6.09 Å². The maximum Gasteiger partial charge on any atom is 0.410 e.